The zero-order valence-electron chi connectivity index (χ0n) is 10.3. The molecule has 108 valence electrons. The molecular weight excluding hydrogens is 307 g/mol. The van der Waals surface area contributed by atoms with Gasteiger partial charge in [-0.1, -0.05) is 16.8 Å². The number of benzene rings is 2. The van der Waals surface area contributed by atoms with Crippen LogP contribution in [0.4, 0.5) is 13.2 Å². The van der Waals surface area contributed by atoms with Gasteiger partial charge >= 0.3 is 6.18 Å². The van der Waals surface area contributed by atoms with Gasteiger partial charge in [-0.05, 0) is 30.3 Å². The number of hydrogen-bond acceptors (Lipinski definition) is 3. The molecule has 21 heavy (non-hydrogen) atoms. The third-order valence-corrected chi connectivity index (χ3v) is 3.08. The van der Waals surface area contributed by atoms with Crippen molar-refractivity contribution in [3.8, 4) is 11.5 Å². The van der Waals surface area contributed by atoms with Crippen LogP contribution in [0, 0.1) is 0 Å². The summed E-state index contributed by atoms with van der Waals surface area (Å²) in [5.41, 5.74) is 0.476. The van der Waals surface area contributed by atoms with Crippen LogP contribution in [-0.4, -0.2) is 15.4 Å². The number of nitrogens with one attached hydrogen (secondary N) is 1. The van der Waals surface area contributed by atoms with Gasteiger partial charge in [0.15, 0.2) is 0 Å². The Morgan fingerprint density at radius 1 is 1.10 bits per heavy atom. The number of fused-ring (bicyclic) bond motifs is 1. The quantitative estimate of drug-likeness (QED) is 0.761. The Morgan fingerprint density at radius 2 is 1.90 bits per heavy atom. The number of alkyl halides is 3. The molecule has 0 spiro atoms. The number of halogens is 4. The lowest BCUT2D eigenvalue weighted by Crippen LogP contribution is -2.04. The molecule has 3 aromatic rings. The van der Waals surface area contributed by atoms with E-state index in [9.17, 15) is 13.2 Å². The average molecular weight is 314 g/mol. The second-order valence-electron chi connectivity index (χ2n) is 4.24. The monoisotopic (exact) mass is 313 g/mol. The van der Waals surface area contributed by atoms with Gasteiger partial charge in [-0.15, -0.1) is 5.10 Å². The number of ether oxygens (including phenoxy) is 1. The second kappa shape index (κ2) is 4.92. The summed E-state index contributed by atoms with van der Waals surface area (Å²) in [5.74, 6) is 0.548. The molecule has 8 heteroatoms. The first-order chi connectivity index (χ1) is 9.93. The molecular formula is C13H7ClF3N3O. The van der Waals surface area contributed by atoms with Crippen molar-refractivity contribution in [2.75, 3.05) is 0 Å². The van der Waals surface area contributed by atoms with Gasteiger partial charge in [0.2, 0.25) is 0 Å². The van der Waals surface area contributed by atoms with Gasteiger partial charge in [-0.25, -0.2) is 0 Å². The Morgan fingerprint density at radius 3 is 2.62 bits per heavy atom. The number of aromatic nitrogens is 3. The summed E-state index contributed by atoms with van der Waals surface area (Å²) in [5, 5.41) is 9.98. The van der Waals surface area contributed by atoms with Gasteiger partial charge in [0.1, 0.15) is 17.0 Å². The largest absolute Gasteiger partial charge is 0.456 e. The van der Waals surface area contributed by atoms with Crippen molar-refractivity contribution in [2.24, 2.45) is 0 Å². The fraction of sp³-hybridized carbons (Fsp3) is 0.0769. The van der Waals surface area contributed by atoms with Gasteiger partial charge in [0, 0.05) is 6.07 Å². The molecule has 1 heterocycles. The van der Waals surface area contributed by atoms with Gasteiger partial charge in [-0.2, -0.15) is 13.2 Å². The maximum Gasteiger partial charge on any atom is 0.416 e. The number of aromatic amines is 1. The Bertz CT molecular complexity index is 801. The number of rotatable bonds is 2. The van der Waals surface area contributed by atoms with Crippen molar-refractivity contribution in [1.29, 1.82) is 0 Å². The van der Waals surface area contributed by atoms with E-state index in [4.69, 9.17) is 16.3 Å². The van der Waals surface area contributed by atoms with E-state index in [0.29, 0.717) is 16.8 Å². The fourth-order valence-electron chi connectivity index (χ4n) is 1.78. The van der Waals surface area contributed by atoms with E-state index in [1.165, 1.54) is 6.07 Å². The van der Waals surface area contributed by atoms with Crippen molar-refractivity contribution >= 4 is 22.6 Å². The molecule has 0 aliphatic carbocycles. The number of hydrogen-bond donors (Lipinski definition) is 1. The number of nitrogens with zero attached hydrogens (tertiary/aromatic N) is 2. The molecule has 0 aliphatic heterocycles. The van der Waals surface area contributed by atoms with Crippen LogP contribution in [0.1, 0.15) is 5.56 Å². The van der Waals surface area contributed by atoms with Crippen LogP contribution in [0.25, 0.3) is 11.0 Å². The van der Waals surface area contributed by atoms with Gasteiger partial charge in [-0.3, -0.25) is 5.10 Å². The lowest BCUT2D eigenvalue weighted by atomic mass is 10.2. The van der Waals surface area contributed by atoms with Crippen LogP contribution in [0.3, 0.4) is 0 Å². The lowest BCUT2D eigenvalue weighted by molar-refractivity contribution is -0.137. The highest BCUT2D eigenvalue weighted by Gasteiger charge is 2.31. The SMILES string of the molecule is FC(F)(F)c1ccc(Oc2ccc3nn[nH]c3c2)c(Cl)c1. The van der Waals surface area contributed by atoms with Gasteiger partial charge in [0.25, 0.3) is 0 Å². The number of H-pyrrole nitrogens is 1. The Hall–Kier alpha value is -2.28. The maximum atomic E-state index is 12.5. The molecule has 0 unspecified atom stereocenters. The van der Waals surface area contributed by atoms with E-state index in [1.807, 2.05) is 0 Å². The highest BCUT2D eigenvalue weighted by Crippen LogP contribution is 2.36. The Kier molecular flexibility index (Phi) is 3.21. The van der Waals surface area contributed by atoms with Crippen molar-refractivity contribution in [3.63, 3.8) is 0 Å². The van der Waals surface area contributed by atoms with Crippen molar-refractivity contribution in [3.05, 3.63) is 47.0 Å². The summed E-state index contributed by atoms with van der Waals surface area (Å²) in [4.78, 5) is 0. The molecule has 0 radical (unpaired) electrons. The summed E-state index contributed by atoms with van der Waals surface area (Å²) >= 11 is 5.82. The molecule has 4 nitrogen and oxygen atoms in total. The second-order valence-corrected chi connectivity index (χ2v) is 4.64. The predicted octanol–water partition coefficient (Wildman–Crippen LogP) is 4.42. The molecule has 1 N–H and O–H groups in total. The summed E-state index contributed by atoms with van der Waals surface area (Å²) in [7, 11) is 0. The standard InChI is InChI=1S/C13H7ClF3N3O/c14-9-5-7(13(15,16)17)1-4-12(9)21-8-2-3-10-11(6-8)19-20-18-10/h1-6H,(H,18,19,20). The first kappa shape index (κ1) is 13.7. The summed E-state index contributed by atoms with van der Waals surface area (Å²) in [6, 6.07) is 7.85. The lowest BCUT2D eigenvalue weighted by Gasteiger charge is -2.11. The minimum Gasteiger partial charge on any atom is -0.456 e. The summed E-state index contributed by atoms with van der Waals surface area (Å²) < 4.78 is 43.1. The zero-order chi connectivity index (χ0) is 15.0. The third kappa shape index (κ3) is 2.78. The van der Waals surface area contributed by atoms with Crippen LogP contribution in [-0.2, 0) is 6.18 Å². The predicted molar refractivity (Wildman–Crippen MR) is 70.4 cm³/mol. The molecule has 3 rings (SSSR count). The smallest absolute Gasteiger partial charge is 0.416 e. The first-order valence-electron chi connectivity index (χ1n) is 5.79. The van der Waals surface area contributed by atoms with E-state index in [1.54, 1.807) is 18.2 Å². The van der Waals surface area contributed by atoms with Gasteiger partial charge in [0.05, 0.1) is 16.1 Å². The molecule has 0 atom stereocenters. The first-order valence-corrected chi connectivity index (χ1v) is 6.17. The minimum absolute atomic E-state index is 0.118. The van der Waals surface area contributed by atoms with Crippen LogP contribution in [0.15, 0.2) is 36.4 Å². The highest BCUT2D eigenvalue weighted by atomic mass is 35.5. The van der Waals surface area contributed by atoms with E-state index in [0.717, 1.165) is 12.1 Å². The fourth-order valence-corrected chi connectivity index (χ4v) is 1.99. The van der Waals surface area contributed by atoms with Gasteiger partial charge < -0.3 is 4.74 Å². The van der Waals surface area contributed by atoms with Crippen molar-refractivity contribution in [1.82, 2.24) is 15.4 Å². The van der Waals surface area contributed by atoms with Crippen molar-refractivity contribution < 1.29 is 17.9 Å². The maximum absolute atomic E-state index is 12.5. The van der Waals surface area contributed by atoms with Crippen LogP contribution < -0.4 is 4.74 Å². The molecule has 0 bridgehead atoms. The molecule has 1 aromatic heterocycles. The van der Waals surface area contributed by atoms with E-state index >= 15 is 0 Å². The van der Waals surface area contributed by atoms with E-state index < -0.39 is 11.7 Å². The molecule has 0 aliphatic rings. The van der Waals surface area contributed by atoms with Crippen LogP contribution in [0.2, 0.25) is 5.02 Å². The summed E-state index contributed by atoms with van der Waals surface area (Å²) in [6.07, 6.45) is -4.44. The average Bonchev–Trinajstić information content (AvgIpc) is 2.87. The summed E-state index contributed by atoms with van der Waals surface area (Å²) in [6.45, 7) is 0. The molecule has 0 saturated carbocycles. The normalized spacial score (nSPS) is 11.8. The molecule has 0 saturated heterocycles. The van der Waals surface area contributed by atoms with Crippen LogP contribution in [0.5, 0.6) is 11.5 Å². The molecule has 0 fully saturated rings. The van der Waals surface area contributed by atoms with Crippen LogP contribution >= 0.6 is 11.6 Å². The third-order valence-electron chi connectivity index (χ3n) is 2.78. The topological polar surface area (TPSA) is 50.8 Å². The molecule has 0 amide bonds. The van der Waals surface area contributed by atoms with E-state index in [2.05, 4.69) is 15.4 Å². The highest BCUT2D eigenvalue weighted by molar-refractivity contribution is 6.32. The molecule has 2 aromatic carbocycles. The Balaban J connectivity index is 1.90. The van der Waals surface area contributed by atoms with E-state index in [-0.39, 0.29) is 10.8 Å². The Labute approximate surface area is 121 Å². The zero-order valence-corrected chi connectivity index (χ0v) is 11.0. The van der Waals surface area contributed by atoms with Crippen molar-refractivity contribution in [2.45, 2.75) is 6.18 Å². The minimum atomic E-state index is -4.44.